The van der Waals surface area contributed by atoms with Crippen molar-refractivity contribution >= 4 is 50.6 Å². The van der Waals surface area contributed by atoms with Gasteiger partial charge in [-0.15, -0.1) is 21.5 Å². The number of hydrogen-bond acceptors (Lipinski definition) is 8. The van der Waals surface area contributed by atoms with Crippen molar-refractivity contribution in [2.75, 3.05) is 11.1 Å². The number of carbonyl (C=O) groups is 1. The second-order valence-electron chi connectivity index (χ2n) is 4.82. The van der Waals surface area contributed by atoms with Crippen LogP contribution < -0.4 is 11.1 Å². The van der Waals surface area contributed by atoms with Crippen LogP contribution in [0.25, 0.3) is 11.3 Å². The third-order valence-electron chi connectivity index (χ3n) is 3.02. The van der Waals surface area contributed by atoms with E-state index in [-0.39, 0.29) is 5.91 Å². The Morgan fingerprint density at radius 2 is 2.12 bits per heavy atom. The van der Waals surface area contributed by atoms with Gasteiger partial charge in [-0.2, -0.15) is 0 Å². The number of halogens is 2. The van der Waals surface area contributed by atoms with Gasteiger partial charge in [-0.1, -0.05) is 23.1 Å². The van der Waals surface area contributed by atoms with Crippen molar-refractivity contribution in [3.63, 3.8) is 0 Å². The topological polar surface area (TPSA) is 93.8 Å². The number of hydrogen-bond donors (Lipinski definition) is 2. The number of rotatable bonds is 5. The van der Waals surface area contributed by atoms with E-state index in [1.54, 1.807) is 12.3 Å². The normalized spacial score (nSPS) is 12.1. The molecular weight excluding hydrogens is 388 g/mol. The standard InChI is InChI=1S/C14H11F2N5OS3/c1-6(24-14-21-20-12(17)25-14)11(22)19-13-18-10(5-23-13)7-2-3-8(15)9(16)4-7/h2-6H,1H3,(H2,17,20)(H,18,19,22)/t6-/m1/s1. The largest absolute Gasteiger partial charge is 0.374 e. The van der Waals surface area contributed by atoms with E-state index in [0.29, 0.717) is 25.9 Å². The maximum Gasteiger partial charge on any atom is 0.239 e. The lowest BCUT2D eigenvalue weighted by Crippen LogP contribution is -2.22. The van der Waals surface area contributed by atoms with Gasteiger partial charge in [-0.05, 0) is 25.1 Å². The quantitative estimate of drug-likeness (QED) is 0.636. The van der Waals surface area contributed by atoms with E-state index in [1.807, 2.05) is 0 Å². The molecule has 1 amide bonds. The van der Waals surface area contributed by atoms with Gasteiger partial charge in [0.15, 0.2) is 21.1 Å². The van der Waals surface area contributed by atoms with Gasteiger partial charge < -0.3 is 11.1 Å². The zero-order chi connectivity index (χ0) is 18.0. The first-order chi connectivity index (χ1) is 11.9. The maximum atomic E-state index is 13.3. The van der Waals surface area contributed by atoms with E-state index in [9.17, 15) is 13.6 Å². The Morgan fingerprint density at radius 1 is 1.32 bits per heavy atom. The van der Waals surface area contributed by atoms with Gasteiger partial charge in [0.05, 0.1) is 10.9 Å². The minimum Gasteiger partial charge on any atom is -0.374 e. The monoisotopic (exact) mass is 399 g/mol. The molecule has 0 saturated carbocycles. The summed E-state index contributed by atoms with van der Waals surface area (Å²) >= 11 is 3.64. The molecule has 3 aromatic rings. The molecule has 1 atom stereocenters. The van der Waals surface area contributed by atoms with E-state index >= 15 is 0 Å². The van der Waals surface area contributed by atoms with Crippen LogP contribution in [-0.2, 0) is 4.79 Å². The van der Waals surface area contributed by atoms with E-state index in [0.717, 1.165) is 12.1 Å². The van der Waals surface area contributed by atoms with Crippen LogP contribution in [0.15, 0.2) is 27.9 Å². The molecule has 0 bridgehead atoms. The first-order valence-corrected chi connectivity index (χ1v) is 9.47. The molecule has 0 saturated heterocycles. The van der Waals surface area contributed by atoms with E-state index in [4.69, 9.17) is 5.73 Å². The highest BCUT2D eigenvalue weighted by molar-refractivity contribution is 8.02. The summed E-state index contributed by atoms with van der Waals surface area (Å²) in [6, 6.07) is 3.53. The lowest BCUT2D eigenvalue weighted by Gasteiger charge is -2.07. The van der Waals surface area contributed by atoms with Crippen molar-refractivity contribution < 1.29 is 13.6 Å². The molecule has 1 aromatic carbocycles. The Balaban J connectivity index is 1.66. The third kappa shape index (κ3) is 4.30. The predicted octanol–water partition coefficient (Wildman–Crippen LogP) is 3.64. The fraction of sp³-hybridized carbons (Fsp3) is 0.143. The smallest absolute Gasteiger partial charge is 0.239 e. The summed E-state index contributed by atoms with van der Waals surface area (Å²) in [5, 5.41) is 12.2. The van der Waals surface area contributed by atoms with Crippen LogP contribution in [0.1, 0.15) is 6.92 Å². The first kappa shape index (κ1) is 17.7. The second-order valence-corrected chi connectivity index (χ2v) is 8.28. The summed E-state index contributed by atoms with van der Waals surface area (Å²) < 4.78 is 26.9. The van der Waals surface area contributed by atoms with Crippen LogP contribution in [0.4, 0.5) is 19.0 Å². The van der Waals surface area contributed by atoms with Gasteiger partial charge in [0.25, 0.3) is 0 Å². The lowest BCUT2D eigenvalue weighted by atomic mass is 10.2. The summed E-state index contributed by atoms with van der Waals surface area (Å²) in [5.74, 6) is -2.13. The molecule has 2 aromatic heterocycles. The number of nitrogens with two attached hydrogens (primary N) is 1. The molecule has 3 rings (SSSR count). The second kappa shape index (κ2) is 7.42. The number of carbonyl (C=O) groups excluding carboxylic acids is 1. The summed E-state index contributed by atoms with van der Waals surface area (Å²) in [4.78, 5) is 16.4. The molecule has 3 N–H and O–H groups in total. The van der Waals surface area contributed by atoms with Crippen LogP contribution in [-0.4, -0.2) is 26.3 Å². The van der Waals surface area contributed by atoms with Crippen molar-refractivity contribution in [3.8, 4) is 11.3 Å². The third-order valence-corrected chi connectivity index (χ3v) is 5.71. The van der Waals surface area contributed by atoms with Gasteiger partial charge in [-0.25, -0.2) is 13.8 Å². The average molecular weight is 399 g/mol. The van der Waals surface area contributed by atoms with Gasteiger partial charge in [0, 0.05) is 10.9 Å². The molecule has 25 heavy (non-hydrogen) atoms. The van der Waals surface area contributed by atoms with E-state index < -0.39 is 16.9 Å². The minimum absolute atomic E-state index is 0.259. The Bertz CT molecular complexity index is 914. The van der Waals surface area contributed by atoms with E-state index in [1.165, 1.54) is 40.5 Å². The molecule has 0 unspecified atom stereocenters. The molecular formula is C14H11F2N5OS3. The number of amides is 1. The number of aromatic nitrogens is 3. The number of nitrogens with one attached hydrogen (secondary N) is 1. The van der Waals surface area contributed by atoms with Crippen LogP contribution in [0.2, 0.25) is 0 Å². The SMILES string of the molecule is C[C@@H](Sc1nnc(N)s1)C(=O)Nc1nc(-c2ccc(F)c(F)c2)cs1. The number of nitrogens with zero attached hydrogens (tertiary/aromatic N) is 3. The minimum atomic E-state index is -0.947. The highest BCUT2D eigenvalue weighted by Crippen LogP contribution is 2.29. The first-order valence-electron chi connectivity index (χ1n) is 6.90. The van der Waals surface area contributed by atoms with Crippen molar-refractivity contribution in [1.29, 1.82) is 0 Å². The van der Waals surface area contributed by atoms with Crippen molar-refractivity contribution in [2.45, 2.75) is 16.5 Å². The Labute approximate surface area is 153 Å². The average Bonchev–Trinajstić information content (AvgIpc) is 3.19. The molecule has 0 aliphatic heterocycles. The van der Waals surface area contributed by atoms with Gasteiger partial charge in [0.2, 0.25) is 11.0 Å². The van der Waals surface area contributed by atoms with Gasteiger partial charge >= 0.3 is 0 Å². The number of anilines is 2. The molecule has 11 heteroatoms. The van der Waals surface area contributed by atoms with Crippen LogP contribution >= 0.6 is 34.4 Å². The van der Waals surface area contributed by atoms with Gasteiger partial charge in [-0.3, -0.25) is 4.79 Å². The molecule has 130 valence electrons. The van der Waals surface area contributed by atoms with Crippen molar-refractivity contribution in [3.05, 3.63) is 35.2 Å². The molecule has 6 nitrogen and oxygen atoms in total. The molecule has 0 spiro atoms. The highest BCUT2D eigenvalue weighted by Gasteiger charge is 2.18. The fourth-order valence-electron chi connectivity index (χ4n) is 1.80. The van der Waals surface area contributed by atoms with Crippen molar-refractivity contribution in [1.82, 2.24) is 15.2 Å². The van der Waals surface area contributed by atoms with Crippen molar-refractivity contribution in [2.24, 2.45) is 0 Å². The van der Waals surface area contributed by atoms with Crippen LogP contribution in [0.5, 0.6) is 0 Å². The predicted molar refractivity (Wildman–Crippen MR) is 95.7 cm³/mol. The fourth-order valence-corrected chi connectivity index (χ4v) is 4.30. The van der Waals surface area contributed by atoms with E-state index in [2.05, 4.69) is 20.5 Å². The molecule has 0 fully saturated rings. The molecule has 0 aliphatic rings. The number of benzene rings is 1. The summed E-state index contributed by atoms with van der Waals surface area (Å²) in [7, 11) is 0. The lowest BCUT2D eigenvalue weighted by molar-refractivity contribution is -0.115. The molecule has 2 heterocycles. The highest BCUT2D eigenvalue weighted by atomic mass is 32.2. The number of thioether (sulfide) groups is 1. The summed E-state index contributed by atoms with van der Waals surface area (Å²) in [6.45, 7) is 1.72. The summed E-state index contributed by atoms with van der Waals surface area (Å²) in [6.07, 6.45) is 0. The zero-order valence-corrected chi connectivity index (χ0v) is 15.1. The zero-order valence-electron chi connectivity index (χ0n) is 12.7. The molecule has 0 radical (unpaired) electrons. The number of nitrogen functional groups attached to an aromatic ring is 1. The Morgan fingerprint density at radius 3 is 2.80 bits per heavy atom. The molecule has 0 aliphatic carbocycles. The van der Waals surface area contributed by atoms with Crippen LogP contribution in [0, 0.1) is 11.6 Å². The maximum absolute atomic E-state index is 13.3. The van der Waals surface area contributed by atoms with Crippen LogP contribution in [0.3, 0.4) is 0 Å². The Hall–Kier alpha value is -2.11. The Kier molecular flexibility index (Phi) is 5.25. The summed E-state index contributed by atoms with van der Waals surface area (Å²) in [5.41, 5.74) is 6.39. The van der Waals surface area contributed by atoms with Gasteiger partial charge in [0.1, 0.15) is 0 Å². The number of thiazole rings is 1.